The molecular formula is C11H25NO5Si. The number of hydrogen-bond donors (Lipinski definition) is 2. The predicted molar refractivity (Wildman–Crippen MR) is 70.6 cm³/mol. The second-order valence-corrected chi connectivity index (χ2v) is 7.09. The van der Waals surface area contributed by atoms with E-state index in [4.69, 9.17) is 18.4 Å². The van der Waals surface area contributed by atoms with Gasteiger partial charge in [-0.1, -0.05) is 6.42 Å². The molecule has 0 atom stereocenters. The maximum Gasteiger partial charge on any atom is 0.500 e. The van der Waals surface area contributed by atoms with Crippen molar-refractivity contribution in [3.8, 4) is 0 Å². The lowest BCUT2D eigenvalue weighted by atomic mass is 10.2. The second-order valence-electron chi connectivity index (χ2n) is 4.00. The van der Waals surface area contributed by atoms with Crippen LogP contribution in [0.1, 0.15) is 25.7 Å². The molecule has 0 aliphatic heterocycles. The lowest BCUT2D eigenvalue weighted by Gasteiger charge is -2.24. The SMILES string of the molecule is CO[Si](CCCCCNCCC(=O)O)(OC)OC. The van der Waals surface area contributed by atoms with Crippen molar-refractivity contribution in [2.75, 3.05) is 34.4 Å². The third kappa shape index (κ3) is 7.78. The van der Waals surface area contributed by atoms with Crippen molar-refractivity contribution in [1.82, 2.24) is 5.32 Å². The highest BCUT2D eigenvalue weighted by Gasteiger charge is 2.36. The van der Waals surface area contributed by atoms with Gasteiger partial charge in [0.25, 0.3) is 0 Å². The quantitative estimate of drug-likeness (QED) is 0.411. The first-order valence-corrected chi connectivity index (χ1v) is 8.11. The number of aliphatic carboxylic acids is 1. The van der Waals surface area contributed by atoms with E-state index in [1.807, 2.05) is 0 Å². The summed E-state index contributed by atoms with van der Waals surface area (Å²) in [6, 6.07) is 0.811. The molecule has 2 N–H and O–H groups in total. The molecule has 0 radical (unpaired) electrons. The van der Waals surface area contributed by atoms with Crippen molar-refractivity contribution in [1.29, 1.82) is 0 Å². The highest BCUT2D eigenvalue weighted by Crippen LogP contribution is 2.16. The predicted octanol–water partition coefficient (Wildman–Crippen LogP) is 1.10. The third-order valence-corrected chi connectivity index (χ3v) is 5.62. The smallest absolute Gasteiger partial charge is 0.481 e. The number of rotatable bonds is 12. The van der Waals surface area contributed by atoms with Gasteiger partial charge in [-0.15, -0.1) is 0 Å². The lowest BCUT2D eigenvalue weighted by Crippen LogP contribution is -2.42. The summed E-state index contributed by atoms with van der Waals surface area (Å²) < 4.78 is 16.0. The van der Waals surface area contributed by atoms with Crippen molar-refractivity contribution < 1.29 is 23.2 Å². The molecule has 0 unspecified atom stereocenters. The van der Waals surface area contributed by atoms with Crippen LogP contribution in [0.25, 0.3) is 0 Å². The van der Waals surface area contributed by atoms with Crippen LogP contribution in [-0.4, -0.2) is 54.3 Å². The fourth-order valence-electron chi connectivity index (χ4n) is 1.64. The van der Waals surface area contributed by atoms with Gasteiger partial charge in [0.2, 0.25) is 0 Å². The molecule has 0 rings (SSSR count). The zero-order valence-corrected chi connectivity index (χ0v) is 12.5. The highest BCUT2D eigenvalue weighted by atomic mass is 28.4. The summed E-state index contributed by atoms with van der Waals surface area (Å²) in [7, 11) is 2.45. The molecule has 0 amide bonds. The van der Waals surface area contributed by atoms with Crippen LogP contribution in [-0.2, 0) is 18.1 Å². The molecule has 6 nitrogen and oxygen atoms in total. The second kappa shape index (κ2) is 10.4. The van der Waals surface area contributed by atoms with Crippen LogP contribution in [0.3, 0.4) is 0 Å². The van der Waals surface area contributed by atoms with Crippen LogP contribution in [0.2, 0.25) is 6.04 Å². The van der Waals surface area contributed by atoms with Crippen LogP contribution in [0.4, 0.5) is 0 Å². The topological polar surface area (TPSA) is 77.0 Å². The van der Waals surface area contributed by atoms with Gasteiger partial charge in [-0.3, -0.25) is 4.79 Å². The van der Waals surface area contributed by atoms with E-state index in [2.05, 4.69) is 5.32 Å². The molecular weight excluding hydrogens is 254 g/mol. The Labute approximate surface area is 110 Å². The molecule has 0 saturated heterocycles. The molecule has 0 saturated carbocycles. The first-order valence-electron chi connectivity index (χ1n) is 6.18. The molecule has 0 spiro atoms. The maximum atomic E-state index is 10.3. The van der Waals surface area contributed by atoms with Gasteiger partial charge < -0.3 is 23.7 Å². The minimum absolute atomic E-state index is 0.174. The molecule has 108 valence electrons. The molecule has 18 heavy (non-hydrogen) atoms. The molecule has 0 aliphatic rings. The van der Waals surface area contributed by atoms with E-state index in [-0.39, 0.29) is 6.42 Å². The number of hydrogen-bond acceptors (Lipinski definition) is 5. The van der Waals surface area contributed by atoms with Crippen molar-refractivity contribution >= 4 is 14.8 Å². The van der Waals surface area contributed by atoms with E-state index in [1.165, 1.54) is 0 Å². The minimum Gasteiger partial charge on any atom is -0.481 e. The Morgan fingerprint density at radius 3 is 2.17 bits per heavy atom. The number of unbranched alkanes of at least 4 members (excludes halogenated alkanes) is 2. The zero-order valence-electron chi connectivity index (χ0n) is 11.5. The first-order chi connectivity index (χ1) is 8.60. The molecule has 0 aromatic heterocycles. The van der Waals surface area contributed by atoms with Crippen molar-refractivity contribution in [3.05, 3.63) is 0 Å². The fourth-order valence-corrected chi connectivity index (χ4v) is 3.44. The first kappa shape index (κ1) is 17.5. The van der Waals surface area contributed by atoms with Crippen LogP contribution in [0, 0.1) is 0 Å². The van der Waals surface area contributed by atoms with Crippen molar-refractivity contribution in [2.24, 2.45) is 0 Å². The Morgan fingerprint density at radius 2 is 1.67 bits per heavy atom. The Kier molecular flexibility index (Phi) is 10.2. The molecule has 0 fully saturated rings. The van der Waals surface area contributed by atoms with E-state index in [9.17, 15) is 4.79 Å². The number of carboxylic acid groups (broad SMARTS) is 1. The van der Waals surface area contributed by atoms with Gasteiger partial charge in [-0.05, 0) is 19.4 Å². The van der Waals surface area contributed by atoms with Crippen molar-refractivity contribution in [3.63, 3.8) is 0 Å². The van der Waals surface area contributed by atoms with Crippen LogP contribution >= 0.6 is 0 Å². The monoisotopic (exact) mass is 279 g/mol. The normalized spacial score (nSPS) is 11.7. The zero-order chi connectivity index (χ0) is 13.9. The Bertz CT molecular complexity index is 215. The van der Waals surface area contributed by atoms with E-state index in [0.29, 0.717) is 6.54 Å². The Morgan fingerprint density at radius 1 is 1.06 bits per heavy atom. The highest BCUT2D eigenvalue weighted by molar-refractivity contribution is 6.60. The summed E-state index contributed by atoms with van der Waals surface area (Å²) in [5.41, 5.74) is 0. The molecule has 0 heterocycles. The maximum absolute atomic E-state index is 10.3. The molecule has 0 aromatic rings. The largest absolute Gasteiger partial charge is 0.500 e. The summed E-state index contributed by atoms with van der Waals surface area (Å²) in [5, 5.41) is 11.5. The average Bonchev–Trinajstić information content (AvgIpc) is 2.38. The molecule has 7 heteroatoms. The van der Waals surface area contributed by atoms with Gasteiger partial charge in [0.15, 0.2) is 0 Å². The Balaban J connectivity index is 3.47. The van der Waals surface area contributed by atoms with Crippen LogP contribution in [0.5, 0.6) is 0 Å². The number of carbonyl (C=O) groups is 1. The lowest BCUT2D eigenvalue weighted by molar-refractivity contribution is -0.136. The van der Waals surface area contributed by atoms with Crippen molar-refractivity contribution in [2.45, 2.75) is 31.7 Å². The van der Waals surface area contributed by atoms with Gasteiger partial charge >= 0.3 is 14.8 Å². The summed E-state index contributed by atoms with van der Waals surface area (Å²) in [6.07, 6.45) is 3.22. The van der Waals surface area contributed by atoms with Crippen LogP contribution < -0.4 is 5.32 Å². The van der Waals surface area contributed by atoms with E-state index in [0.717, 1.165) is 31.9 Å². The van der Waals surface area contributed by atoms with Gasteiger partial charge in [0.1, 0.15) is 0 Å². The number of nitrogens with one attached hydrogen (secondary N) is 1. The molecule has 0 aromatic carbocycles. The number of carboxylic acids is 1. The summed E-state index contributed by atoms with van der Waals surface area (Å²) >= 11 is 0. The summed E-state index contributed by atoms with van der Waals surface area (Å²) in [6.45, 7) is 1.37. The van der Waals surface area contributed by atoms with Gasteiger partial charge in [-0.25, -0.2) is 0 Å². The molecule has 0 aliphatic carbocycles. The van der Waals surface area contributed by atoms with E-state index < -0.39 is 14.8 Å². The Hall–Kier alpha value is -0.473. The third-order valence-electron chi connectivity index (χ3n) is 2.79. The summed E-state index contributed by atoms with van der Waals surface area (Å²) in [4.78, 5) is 10.3. The van der Waals surface area contributed by atoms with E-state index >= 15 is 0 Å². The average molecular weight is 279 g/mol. The summed E-state index contributed by atoms with van der Waals surface area (Å²) in [5.74, 6) is -0.765. The molecule has 0 bridgehead atoms. The van der Waals surface area contributed by atoms with Gasteiger partial charge in [0.05, 0.1) is 6.42 Å². The standard InChI is InChI=1S/C11H25NO5Si/c1-15-18(16-2,17-3)10-6-4-5-8-12-9-7-11(13)14/h12H,4-10H2,1-3H3,(H,13,14). The van der Waals surface area contributed by atoms with Gasteiger partial charge in [-0.2, -0.15) is 0 Å². The fraction of sp³-hybridized carbons (Fsp3) is 0.909. The van der Waals surface area contributed by atoms with Crippen LogP contribution in [0.15, 0.2) is 0 Å². The minimum atomic E-state index is -2.41. The van der Waals surface area contributed by atoms with Gasteiger partial charge in [0, 0.05) is 33.9 Å². The van der Waals surface area contributed by atoms with E-state index in [1.54, 1.807) is 21.3 Å².